The Kier molecular flexibility index (Phi) is 60.2. The zero-order valence-electron chi connectivity index (χ0n) is 56.2. The molecule has 19 heteroatoms. The highest BCUT2D eigenvalue weighted by Crippen LogP contribution is 2.45. The van der Waals surface area contributed by atoms with Crippen molar-refractivity contribution in [3.05, 3.63) is 0 Å². The number of esters is 4. The molecule has 0 aliphatic carbocycles. The first-order chi connectivity index (χ1) is 42.0. The van der Waals surface area contributed by atoms with E-state index in [1.165, 1.54) is 161 Å². The van der Waals surface area contributed by atoms with Gasteiger partial charge >= 0.3 is 39.5 Å². The molecule has 2 unspecified atom stereocenters. The molecule has 0 saturated carbocycles. The van der Waals surface area contributed by atoms with Crippen LogP contribution in [0.25, 0.3) is 0 Å². The zero-order valence-corrected chi connectivity index (χ0v) is 57.9. The predicted octanol–water partition coefficient (Wildman–Crippen LogP) is 19.4. The summed E-state index contributed by atoms with van der Waals surface area (Å²) in [5, 5.41) is 10.6. The van der Waals surface area contributed by atoms with Gasteiger partial charge in [-0.1, -0.05) is 298 Å². The Balaban J connectivity index is 5.20. The Morgan fingerprint density at radius 1 is 0.310 bits per heavy atom. The van der Waals surface area contributed by atoms with Crippen LogP contribution in [0.2, 0.25) is 0 Å². The standard InChI is InChI=1S/C68H132O17P2/c1-6-9-12-15-18-20-22-24-26-28-30-32-37-42-47-52-66(71)79-58-64(84-67(72)53-48-43-38-33-31-29-27-25-23-21-19-16-13-10-7-2)60-83-87(76,77)81-56-62(69)55-80-86(74,75)82-59-63(57-78-65(70)51-46-41-35-17-14-11-8-3)85-68(73)54-49-44-39-34-36-40-45-50-61(4)5/h61-64,69H,6-60H2,1-5H3,(H,74,75)(H,76,77)/t62-,63+,64+/m0/s1. The molecule has 3 N–H and O–H groups in total. The van der Waals surface area contributed by atoms with E-state index in [4.69, 9.17) is 37.0 Å². The maximum atomic E-state index is 13.0. The third-order valence-electron chi connectivity index (χ3n) is 15.8. The number of ether oxygens (including phenoxy) is 4. The number of carbonyl (C=O) groups is 4. The number of rotatable bonds is 68. The van der Waals surface area contributed by atoms with Crippen LogP contribution in [0.5, 0.6) is 0 Å². The molecule has 17 nitrogen and oxygen atoms in total. The number of aliphatic hydroxyl groups excluding tert-OH is 1. The summed E-state index contributed by atoms with van der Waals surface area (Å²) in [6.07, 6.45) is 47.4. The molecular weight excluding hydrogens is 1150 g/mol. The summed E-state index contributed by atoms with van der Waals surface area (Å²) in [6, 6.07) is 0. The van der Waals surface area contributed by atoms with Crippen molar-refractivity contribution in [1.82, 2.24) is 0 Å². The van der Waals surface area contributed by atoms with Gasteiger partial charge in [0.15, 0.2) is 12.2 Å². The van der Waals surface area contributed by atoms with Gasteiger partial charge < -0.3 is 33.8 Å². The van der Waals surface area contributed by atoms with E-state index < -0.39 is 97.5 Å². The van der Waals surface area contributed by atoms with Gasteiger partial charge in [-0.3, -0.25) is 37.3 Å². The Morgan fingerprint density at radius 2 is 0.529 bits per heavy atom. The van der Waals surface area contributed by atoms with Gasteiger partial charge in [0.2, 0.25) is 0 Å². The average Bonchev–Trinajstić information content (AvgIpc) is 3.71. The van der Waals surface area contributed by atoms with E-state index in [1.807, 2.05) is 0 Å². The second-order valence-electron chi connectivity index (χ2n) is 25.0. The maximum Gasteiger partial charge on any atom is 0.472 e. The van der Waals surface area contributed by atoms with Gasteiger partial charge in [-0.05, 0) is 31.6 Å². The fourth-order valence-corrected chi connectivity index (χ4v) is 11.9. The fraction of sp³-hybridized carbons (Fsp3) is 0.941. The Labute approximate surface area is 530 Å². The monoisotopic (exact) mass is 1280 g/mol. The first kappa shape index (κ1) is 85.1. The van der Waals surface area contributed by atoms with Crippen LogP contribution in [-0.4, -0.2) is 96.7 Å². The van der Waals surface area contributed by atoms with Crippen LogP contribution in [0.1, 0.15) is 349 Å². The molecule has 0 aromatic carbocycles. The Morgan fingerprint density at radius 3 is 0.782 bits per heavy atom. The first-order valence-corrected chi connectivity index (χ1v) is 38.6. The van der Waals surface area contributed by atoms with Crippen molar-refractivity contribution in [2.75, 3.05) is 39.6 Å². The number of hydrogen-bond acceptors (Lipinski definition) is 15. The van der Waals surface area contributed by atoms with Crippen molar-refractivity contribution in [3.63, 3.8) is 0 Å². The molecule has 0 bridgehead atoms. The summed E-state index contributed by atoms with van der Waals surface area (Å²) in [5.41, 5.74) is 0. The summed E-state index contributed by atoms with van der Waals surface area (Å²) in [4.78, 5) is 72.3. The van der Waals surface area contributed by atoms with Crippen LogP contribution in [0.4, 0.5) is 0 Å². The quantitative estimate of drug-likeness (QED) is 0.0222. The van der Waals surface area contributed by atoms with E-state index in [-0.39, 0.29) is 25.7 Å². The molecule has 0 aliphatic heterocycles. The molecule has 0 saturated heterocycles. The molecular formula is C68H132O17P2. The van der Waals surface area contributed by atoms with Gasteiger partial charge in [0.1, 0.15) is 19.3 Å². The first-order valence-electron chi connectivity index (χ1n) is 35.6. The van der Waals surface area contributed by atoms with E-state index in [0.717, 1.165) is 103 Å². The normalized spacial score (nSPS) is 14.1. The van der Waals surface area contributed by atoms with Crippen LogP contribution in [0, 0.1) is 5.92 Å². The minimum absolute atomic E-state index is 0.103. The van der Waals surface area contributed by atoms with Crippen LogP contribution in [-0.2, 0) is 65.4 Å². The highest BCUT2D eigenvalue weighted by molar-refractivity contribution is 7.47. The van der Waals surface area contributed by atoms with E-state index in [0.29, 0.717) is 31.6 Å². The summed E-state index contributed by atoms with van der Waals surface area (Å²) in [7, 11) is -9.89. The van der Waals surface area contributed by atoms with Crippen LogP contribution in [0.15, 0.2) is 0 Å². The molecule has 87 heavy (non-hydrogen) atoms. The molecule has 516 valence electrons. The second kappa shape index (κ2) is 61.6. The van der Waals surface area contributed by atoms with Gasteiger partial charge in [-0.2, -0.15) is 0 Å². The summed E-state index contributed by atoms with van der Waals surface area (Å²) < 4.78 is 68.1. The third-order valence-corrected chi connectivity index (χ3v) is 17.7. The van der Waals surface area contributed by atoms with Crippen molar-refractivity contribution >= 4 is 39.5 Å². The maximum absolute atomic E-state index is 13.0. The van der Waals surface area contributed by atoms with E-state index in [2.05, 4.69) is 34.6 Å². The number of carbonyl (C=O) groups excluding carboxylic acids is 4. The molecule has 5 atom stereocenters. The smallest absolute Gasteiger partial charge is 0.462 e. The second-order valence-corrected chi connectivity index (χ2v) is 27.9. The largest absolute Gasteiger partial charge is 0.472 e. The Bertz CT molecular complexity index is 1690. The van der Waals surface area contributed by atoms with Crippen LogP contribution < -0.4 is 0 Å². The van der Waals surface area contributed by atoms with E-state index >= 15 is 0 Å². The molecule has 0 heterocycles. The van der Waals surface area contributed by atoms with Crippen molar-refractivity contribution in [2.45, 2.75) is 368 Å². The van der Waals surface area contributed by atoms with Crippen molar-refractivity contribution in [2.24, 2.45) is 5.92 Å². The van der Waals surface area contributed by atoms with Crippen LogP contribution in [0.3, 0.4) is 0 Å². The molecule has 0 aromatic heterocycles. The molecule has 0 amide bonds. The van der Waals surface area contributed by atoms with Gasteiger partial charge in [0, 0.05) is 25.7 Å². The average molecular weight is 1280 g/mol. The number of unbranched alkanes of at least 4 members (excludes halogenated alkanes) is 40. The van der Waals surface area contributed by atoms with E-state index in [9.17, 15) is 43.2 Å². The Hall–Kier alpha value is -1.94. The molecule has 0 aromatic rings. The van der Waals surface area contributed by atoms with Gasteiger partial charge in [-0.15, -0.1) is 0 Å². The SMILES string of the molecule is CCCCCCCCCCCCCCCCCC(=O)OC[C@H](COP(=O)(O)OC[C@@H](O)COP(=O)(O)OC[C@@H](COC(=O)CCCCCCCCC)OC(=O)CCCCCCCCCC(C)C)OC(=O)CCCCCCCCCCCCCCCCC. The molecule has 0 rings (SSSR count). The molecule has 0 radical (unpaired) electrons. The number of phosphoric acid groups is 2. The summed E-state index contributed by atoms with van der Waals surface area (Å²) in [5.74, 6) is -1.43. The zero-order chi connectivity index (χ0) is 64.2. The lowest BCUT2D eigenvalue weighted by atomic mass is 10.0. The minimum atomic E-state index is -4.95. The van der Waals surface area contributed by atoms with Gasteiger partial charge in [-0.25, -0.2) is 9.13 Å². The third kappa shape index (κ3) is 62.6. The van der Waals surface area contributed by atoms with Crippen LogP contribution >= 0.6 is 15.6 Å². The molecule has 0 fully saturated rings. The van der Waals surface area contributed by atoms with Gasteiger partial charge in [0.05, 0.1) is 26.4 Å². The summed E-state index contributed by atoms with van der Waals surface area (Å²) in [6.45, 7) is 7.13. The topological polar surface area (TPSA) is 237 Å². The van der Waals surface area contributed by atoms with Crippen molar-refractivity contribution < 1.29 is 80.2 Å². The number of phosphoric ester groups is 2. The number of hydrogen-bond donors (Lipinski definition) is 3. The van der Waals surface area contributed by atoms with Gasteiger partial charge in [0.25, 0.3) is 0 Å². The number of aliphatic hydroxyl groups is 1. The highest BCUT2D eigenvalue weighted by Gasteiger charge is 2.30. The summed E-state index contributed by atoms with van der Waals surface area (Å²) >= 11 is 0. The minimum Gasteiger partial charge on any atom is -0.462 e. The fourth-order valence-electron chi connectivity index (χ4n) is 10.3. The lowest BCUT2D eigenvalue weighted by molar-refractivity contribution is -0.161. The van der Waals surface area contributed by atoms with Crippen molar-refractivity contribution in [3.8, 4) is 0 Å². The predicted molar refractivity (Wildman–Crippen MR) is 349 cm³/mol. The van der Waals surface area contributed by atoms with Crippen molar-refractivity contribution in [1.29, 1.82) is 0 Å². The highest BCUT2D eigenvalue weighted by atomic mass is 31.2. The van der Waals surface area contributed by atoms with E-state index in [1.54, 1.807) is 0 Å². The molecule has 0 aliphatic rings. The molecule has 0 spiro atoms. The lowest BCUT2D eigenvalue weighted by Gasteiger charge is -2.21. The lowest BCUT2D eigenvalue weighted by Crippen LogP contribution is -2.30.